The molecule has 0 unspecified atom stereocenters. The van der Waals surface area contributed by atoms with Gasteiger partial charge in [0.25, 0.3) is 0 Å². The van der Waals surface area contributed by atoms with Crippen molar-refractivity contribution in [2.24, 2.45) is 0 Å². The number of benzene rings is 7. The highest BCUT2D eigenvalue weighted by atomic mass is 15.0. The quantitative estimate of drug-likeness (QED) is 0.199. The van der Waals surface area contributed by atoms with Gasteiger partial charge in [-0.2, -0.15) is 10.5 Å². The molecule has 0 aliphatic carbocycles. The first-order valence-corrected chi connectivity index (χ1v) is 15.9. The van der Waals surface area contributed by atoms with E-state index in [9.17, 15) is 10.5 Å². The molecule has 7 aromatic carbocycles. The van der Waals surface area contributed by atoms with Crippen molar-refractivity contribution in [1.82, 2.24) is 9.13 Å². The van der Waals surface area contributed by atoms with Crippen LogP contribution in [0.5, 0.6) is 0 Å². The molecule has 2 heterocycles. The second kappa shape index (κ2) is 10.9. The third kappa shape index (κ3) is 4.01. The maximum atomic E-state index is 10.6. The minimum atomic E-state index is 0.554. The van der Waals surface area contributed by atoms with Crippen molar-refractivity contribution in [1.29, 1.82) is 10.5 Å². The molecular formula is C44H26N4. The molecule has 4 heteroatoms. The van der Waals surface area contributed by atoms with Crippen LogP contribution in [-0.2, 0) is 0 Å². The number of aromatic nitrogens is 2. The Morgan fingerprint density at radius 2 is 0.792 bits per heavy atom. The molecule has 2 aromatic heterocycles. The largest absolute Gasteiger partial charge is 0.307 e. The highest BCUT2D eigenvalue weighted by Gasteiger charge is 2.24. The topological polar surface area (TPSA) is 57.4 Å². The second-order valence-corrected chi connectivity index (χ2v) is 11.9. The number of para-hydroxylation sites is 5. The molecule has 0 amide bonds. The molecule has 0 aliphatic rings. The summed E-state index contributed by atoms with van der Waals surface area (Å²) < 4.78 is 4.43. The maximum Gasteiger partial charge on any atom is 0.101 e. The normalized spacial score (nSPS) is 11.3. The van der Waals surface area contributed by atoms with E-state index in [-0.39, 0.29) is 0 Å². The summed E-state index contributed by atoms with van der Waals surface area (Å²) in [6, 6.07) is 58.8. The number of hydrogen-bond acceptors (Lipinski definition) is 2. The fraction of sp³-hybridized carbons (Fsp3) is 0. The third-order valence-electron chi connectivity index (χ3n) is 9.41. The van der Waals surface area contributed by atoms with Gasteiger partial charge < -0.3 is 9.13 Å². The van der Waals surface area contributed by atoms with Crippen molar-refractivity contribution in [3.63, 3.8) is 0 Å². The monoisotopic (exact) mass is 610 g/mol. The van der Waals surface area contributed by atoms with E-state index in [1.807, 2.05) is 48.5 Å². The molecule has 9 aromatic rings. The third-order valence-corrected chi connectivity index (χ3v) is 9.41. The van der Waals surface area contributed by atoms with Crippen LogP contribution in [0.25, 0.3) is 77.2 Å². The van der Waals surface area contributed by atoms with Gasteiger partial charge in [-0.05, 0) is 53.6 Å². The summed E-state index contributed by atoms with van der Waals surface area (Å²) in [5.74, 6) is 0. The SMILES string of the molecule is N#Cc1cccc(-c2cccc(C#N)c2-n2c3ccccc3c3cc(-c4ccccc4)ccc32)c1-n1c2ccccc2c2ccccc21. The summed E-state index contributed by atoms with van der Waals surface area (Å²) in [7, 11) is 0. The molecule has 0 spiro atoms. The molecule has 0 saturated heterocycles. The molecule has 0 atom stereocenters. The molecule has 222 valence electrons. The molecular weight excluding hydrogens is 585 g/mol. The summed E-state index contributed by atoms with van der Waals surface area (Å²) >= 11 is 0. The van der Waals surface area contributed by atoms with Gasteiger partial charge in [0.1, 0.15) is 12.1 Å². The standard InChI is InChI=1S/C44H26N4/c45-27-31-14-10-19-36(43(31)47-39-21-7-4-16-33(39)34-17-5-8-22-40(34)47)37-20-11-15-32(28-46)44(37)48-41-23-9-6-18-35(41)38-26-30(24-25-42(38)48)29-12-2-1-3-13-29/h1-26H. The van der Waals surface area contributed by atoms with Gasteiger partial charge in [0.05, 0.1) is 44.6 Å². The van der Waals surface area contributed by atoms with Crippen LogP contribution >= 0.6 is 0 Å². The predicted molar refractivity (Wildman–Crippen MR) is 195 cm³/mol. The molecule has 9 rings (SSSR count). The lowest BCUT2D eigenvalue weighted by Crippen LogP contribution is -2.05. The van der Waals surface area contributed by atoms with Crippen LogP contribution in [0.1, 0.15) is 11.1 Å². The zero-order valence-corrected chi connectivity index (χ0v) is 25.8. The average molecular weight is 611 g/mol. The van der Waals surface area contributed by atoms with Crippen LogP contribution in [0, 0.1) is 22.7 Å². The average Bonchev–Trinajstić information content (AvgIpc) is 3.67. The molecule has 0 saturated carbocycles. The van der Waals surface area contributed by atoms with Crippen LogP contribution in [0.2, 0.25) is 0 Å². The zero-order valence-electron chi connectivity index (χ0n) is 25.8. The van der Waals surface area contributed by atoms with Crippen LogP contribution in [-0.4, -0.2) is 9.13 Å². The van der Waals surface area contributed by atoms with Crippen molar-refractivity contribution in [3.8, 4) is 45.8 Å². The van der Waals surface area contributed by atoms with Crippen LogP contribution < -0.4 is 0 Å². The smallest absolute Gasteiger partial charge is 0.101 e. The Hall–Kier alpha value is -6.88. The fourth-order valence-electron chi connectivity index (χ4n) is 7.37. The van der Waals surface area contributed by atoms with E-state index >= 15 is 0 Å². The van der Waals surface area contributed by atoms with E-state index in [4.69, 9.17) is 0 Å². The Balaban J connectivity index is 1.40. The van der Waals surface area contributed by atoms with Crippen molar-refractivity contribution in [3.05, 3.63) is 169 Å². The van der Waals surface area contributed by atoms with E-state index in [1.54, 1.807) is 0 Å². The first-order valence-electron chi connectivity index (χ1n) is 15.9. The lowest BCUT2D eigenvalue weighted by molar-refractivity contribution is 1.15. The van der Waals surface area contributed by atoms with Crippen LogP contribution in [0.3, 0.4) is 0 Å². The first-order chi connectivity index (χ1) is 23.8. The maximum absolute atomic E-state index is 10.6. The summed E-state index contributed by atoms with van der Waals surface area (Å²) in [4.78, 5) is 0. The lowest BCUT2D eigenvalue weighted by Gasteiger charge is -2.20. The minimum absolute atomic E-state index is 0.554. The van der Waals surface area contributed by atoms with Gasteiger partial charge in [-0.3, -0.25) is 0 Å². The molecule has 0 N–H and O–H groups in total. The first kappa shape index (κ1) is 27.4. The van der Waals surface area contributed by atoms with Gasteiger partial charge >= 0.3 is 0 Å². The van der Waals surface area contributed by atoms with Crippen molar-refractivity contribution < 1.29 is 0 Å². The van der Waals surface area contributed by atoms with Gasteiger partial charge in [-0.1, -0.05) is 115 Å². The highest BCUT2D eigenvalue weighted by Crippen LogP contribution is 2.43. The summed E-state index contributed by atoms with van der Waals surface area (Å²) in [6.07, 6.45) is 0. The van der Waals surface area contributed by atoms with Gasteiger partial charge in [-0.25, -0.2) is 0 Å². The summed E-state index contributed by atoms with van der Waals surface area (Å²) in [6.45, 7) is 0. The number of rotatable bonds is 4. The summed E-state index contributed by atoms with van der Waals surface area (Å²) in [5, 5.41) is 25.7. The highest BCUT2D eigenvalue weighted by molar-refractivity contribution is 6.12. The lowest BCUT2D eigenvalue weighted by atomic mass is 9.95. The Morgan fingerprint density at radius 1 is 0.354 bits per heavy atom. The van der Waals surface area contributed by atoms with Gasteiger partial charge in [-0.15, -0.1) is 0 Å². The van der Waals surface area contributed by atoms with E-state index in [0.717, 1.165) is 77.2 Å². The number of nitriles is 2. The Labute approximate surface area is 277 Å². The van der Waals surface area contributed by atoms with Crippen LogP contribution in [0.15, 0.2) is 158 Å². The predicted octanol–water partition coefficient (Wildman–Crippen LogP) is 11.0. The van der Waals surface area contributed by atoms with Gasteiger partial charge in [0.2, 0.25) is 0 Å². The Kier molecular flexibility index (Phi) is 6.22. The number of fused-ring (bicyclic) bond motifs is 6. The molecule has 48 heavy (non-hydrogen) atoms. The number of hydrogen-bond donors (Lipinski definition) is 0. The van der Waals surface area contributed by atoms with E-state index in [0.29, 0.717) is 11.1 Å². The van der Waals surface area contributed by atoms with E-state index < -0.39 is 0 Å². The minimum Gasteiger partial charge on any atom is -0.307 e. The van der Waals surface area contributed by atoms with Crippen molar-refractivity contribution >= 4 is 43.6 Å². The van der Waals surface area contributed by atoms with E-state index in [2.05, 4.69) is 130 Å². The van der Waals surface area contributed by atoms with Crippen LogP contribution in [0.4, 0.5) is 0 Å². The molecule has 0 aliphatic heterocycles. The fourth-order valence-corrected chi connectivity index (χ4v) is 7.37. The zero-order chi connectivity index (χ0) is 32.2. The molecule has 4 nitrogen and oxygen atoms in total. The van der Waals surface area contributed by atoms with Crippen molar-refractivity contribution in [2.75, 3.05) is 0 Å². The Morgan fingerprint density at radius 3 is 1.29 bits per heavy atom. The second-order valence-electron chi connectivity index (χ2n) is 11.9. The molecule has 0 fully saturated rings. The summed E-state index contributed by atoms with van der Waals surface area (Å²) in [5.41, 5.74) is 10.8. The Bertz CT molecular complexity index is 2750. The van der Waals surface area contributed by atoms with Gasteiger partial charge in [0, 0.05) is 32.7 Å². The van der Waals surface area contributed by atoms with Gasteiger partial charge in [0.15, 0.2) is 0 Å². The van der Waals surface area contributed by atoms with Crippen molar-refractivity contribution in [2.45, 2.75) is 0 Å². The van der Waals surface area contributed by atoms with E-state index in [1.165, 1.54) is 0 Å². The molecule has 0 bridgehead atoms. The number of nitrogens with zero attached hydrogens (tertiary/aromatic N) is 4. The molecule has 0 radical (unpaired) electrons.